The number of carbonyl (C=O) groups is 1. The van der Waals surface area contributed by atoms with E-state index in [0.717, 1.165) is 26.3 Å². The van der Waals surface area contributed by atoms with Crippen molar-refractivity contribution in [3.05, 3.63) is 65.1 Å². The van der Waals surface area contributed by atoms with E-state index in [9.17, 15) is 32.0 Å². The highest BCUT2D eigenvalue weighted by Crippen LogP contribution is 2.38. The van der Waals surface area contributed by atoms with Gasteiger partial charge in [-0.1, -0.05) is 0 Å². The van der Waals surface area contributed by atoms with Gasteiger partial charge in [-0.2, -0.15) is 17.6 Å². The summed E-state index contributed by atoms with van der Waals surface area (Å²) in [6.45, 7) is 0.971. The quantitative estimate of drug-likeness (QED) is 0.345. The summed E-state index contributed by atoms with van der Waals surface area (Å²) >= 11 is 0. The molecule has 0 saturated heterocycles. The van der Waals surface area contributed by atoms with Gasteiger partial charge < -0.3 is 14.8 Å². The van der Waals surface area contributed by atoms with Crippen molar-refractivity contribution in [1.82, 2.24) is 10.2 Å². The topological polar surface area (TPSA) is 97.5 Å². The minimum Gasteiger partial charge on any atom is -0.490 e. The lowest BCUT2D eigenvalue weighted by molar-refractivity contribution is -0.904. The van der Waals surface area contributed by atoms with Crippen LogP contribution in [0.1, 0.15) is 21.6 Å². The number of halogens is 5. The molecule has 3 aromatic rings. The first-order chi connectivity index (χ1) is 15.0. The number of carbonyl (C=O) groups excluding carboxylic acids is 1. The average Bonchev–Trinajstić information content (AvgIpc) is 2.70. The summed E-state index contributed by atoms with van der Waals surface area (Å²) in [5.41, 5.74) is -2.72. The van der Waals surface area contributed by atoms with E-state index >= 15 is 0 Å². The molecule has 0 saturated carbocycles. The number of methoxy groups -OCH3 is 1. The van der Waals surface area contributed by atoms with Gasteiger partial charge in [0.15, 0.2) is 17.3 Å². The Morgan fingerprint density at radius 1 is 1.19 bits per heavy atom. The van der Waals surface area contributed by atoms with Gasteiger partial charge in [0.1, 0.15) is 11.3 Å². The largest absolute Gasteiger partial charge is 0.490 e. The molecule has 0 atom stereocenters. The van der Waals surface area contributed by atoms with Crippen LogP contribution in [0, 0.1) is 18.6 Å². The van der Waals surface area contributed by atoms with Crippen LogP contribution in [0.3, 0.4) is 0 Å². The van der Waals surface area contributed by atoms with Gasteiger partial charge in [0.05, 0.1) is 7.11 Å². The molecule has 168 valence electrons. The van der Waals surface area contributed by atoms with Gasteiger partial charge in [-0.25, -0.2) is 4.39 Å². The van der Waals surface area contributed by atoms with E-state index in [1.165, 1.54) is 18.3 Å². The number of nitrogens with zero attached hydrogens (tertiary/aromatic N) is 3. The van der Waals surface area contributed by atoms with Gasteiger partial charge in [0, 0.05) is 10.8 Å². The number of benzene rings is 1. The Morgan fingerprint density at radius 2 is 1.91 bits per heavy atom. The Kier molecular flexibility index (Phi) is 6.09. The van der Waals surface area contributed by atoms with Gasteiger partial charge >= 0.3 is 6.18 Å². The maximum atomic E-state index is 14.0. The van der Waals surface area contributed by atoms with E-state index in [1.807, 2.05) is 0 Å². The third-order valence-corrected chi connectivity index (χ3v) is 4.15. The highest BCUT2D eigenvalue weighted by atomic mass is 19.4. The van der Waals surface area contributed by atoms with Crippen LogP contribution in [0.2, 0.25) is 0 Å². The number of hydrogen-bond donors (Lipinski definition) is 2. The standard InChI is InChI=1S/C19H13F5N4O4/c1-9-13(17(29)25-10-4-3-7-28(30)8-10)18(27-26-16(9)19(22,23)24)32-12-6-5-11(20)14(21)15(12)31-2/h3-8H,1-2H3,(H-,25,29,30)/p+1. The third-order valence-electron chi connectivity index (χ3n) is 4.15. The summed E-state index contributed by atoms with van der Waals surface area (Å²) in [6.07, 6.45) is -2.63. The summed E-state index contributed by atoms with van der Waals surface area (Å²) in [4.78, 5) is 12.8. The molecule has 0 aliphatic rings. The van der Waals surface area contributed by atoms with Gasteiger partial charge in [-0.3, -0.25) is 10.0 Å². The van der Waals surface area contributed by atoms with E-state index in [0.29, 0.717) is 10.8 Å². The van der Waals surface area contributed by atoms with Crippen LogP contribution in [0.15, 0.2) is 36.7 Å². The molecule has 0 aliphatic heterocycles. The molecule has 8 nitrogen and oxygen atoms in total. The molecule has 3 rings (SSSR count). The van der Waals surface area contributed by atoms with Gasteiger partial charge in [-0.05, 0) is 30.7 Å². The molecule has 32 heavy (non-hydrogen) atoms. The van der Waals surface area contributed by atoms with E-state index in [2.05, 4.69) is 15.5 Å². The smallest absolute Gasteiger partial charge is 0.435 e. The molecule has 0 radical (unpaired) electrons. The second-order valence-electron chi connectivity index (χ2n) is 6.27. The van der Waals surface area contributed by atoms with Crippen LogP contribution in [0.25, 0.3) is 0 Å². The van der Waals surface area contributed by atoms with Crippen LogP contribution in [-0.2, 0) is 6.18 Å². The van der Waals surface area contributed by atoms with E-state index in [4.69, 9.17) is 9.47 Å². The predicted octanol–water partition coefficient (Wildman–Crippen LogP) is 3.66. The van der Waals surface area contributed by atoms with E-state index < -0.39 is 57.9 Å². The molecule has 0 fully saturated rings. The van der Waals surface area contributed by atoms with Crippen molar-refractivity contribution in [3.8, 4) is 17.4 Å². The summed E-state index contributed by atoms with van der Waals surface area (Å²) < 4.78 is 78.1. The Labute approximate surface area is 176 Å². The van der Waals surface area contributed by atoms with Gasteiger partial charge in [-0.15, -0.1) is 10.2 Å². The number of aromatic nitrogens is 3. The molecule has 0 unspecified atom stereocenters. The number of ether oxygens (including phenoxy) is 2. The van der Waals surface area contributed by atoms with Crippen LogP contribution < -0.4 is 19.5 Å². The monoisotopic (exact) mass is 457 g/mol. The Morgan fingerprint density at radius 3 is 2.53 bits per heavy atom. The van der Waals surface area contributed by atoms with Crippen LogP contribution >= 0.6 is 0 Å². The summed E-state index contributed by atoms with van der Waals surface area (Å²) in [7, 11) is 1.02. The molecule has 2 aromatic heterocycles. The SMILES string of the molecule is COc1c(Oc2nnc(C(F)(F)F)c(C)c2C(=O)Nc2ccc[n+](O)c2)ccc(F)c1F. The number of amides is 1. The first-order valence-corrected chi connectivity index (χ1v) is 8.69. The number of alkyl halides is 3. The van der Waals surface area contributed by atoms with Gasteiger partial charge in [0.2, 0.25) is 24.0 Å². The Hall–Kier alpha value is -4.03. The maximum Gasteiger partial charge on any atom is 0.435 e. The zero-order valence-corrected chi connectivity index (χ0v) is 16.4. The molecule has 0 bridgehead atoms. The van der Waals surface area contributed by atoms with Crippen molar-refractivity contribution in [2.24, 2.45) is 0 Å². The van der Waals surface area contributed by atoms with Crippen molar-refractivity contribution < 1.29 is 46.2 Å². The fraction of sp³-hybridized carbons (Fsp3) is 0.158. The molecule has 13 heteroatoms. The lowest BCUT2D eigenvalue weighted by Crippen LogP contribution is -2.29. The number of rotatable bonds is 5. The summed E-state index contributed by atoms with van der Waals surface area (Å²) in [5, 5.41) is 18.1. The fourth-order valence-electron chi connectivity index (χ4n) is 2.73. The molecular formula is C19H14F5N4O4+. The summed E-state index contributed by atoms with van der Waals surface area (Å²) in [6, 6.07) is 4.36. The molecule has 0 spiro atoms. The Bertz CT molecular complexity index is 1190. The predicted molar refractivity (Wildman–Crippen MR) is 96.5 cm³/mol. The fourth-order valence-corrected chi connectivity index (χ4v) is 2.73. The van der Waals surface area contributed by atoms with Crippen molar-refractivity contribution in [1.29, 1.82) is 0 Å². The molecular weight excluding hydrogens is 443 g/mol. The average molecular weight is 457 g/mol. The second-order valence-corrected chi connectivity index (χ2v) is 6.27. The van der Waals surface area contributed by atoms with E-state index in [-0.39, 0.29) is 5.69 Å². The number of nitrogens with one attached hydrogen (secondary N) is 1. The summed E-state index contributed by atoms with van der Waals surface area (Å²) in [5.74, 6) is -5.63. The van der Waals surface area contributed by atoms with Crippen molar-refractivity contribution in [2.45, 2.75) is 13.1 Å². The number of anilines is 1. The normalized spacial score (nSPS) is 11.2. The highest BCUT2D eigenvalue weighted by molar-refractivity contribution is 6.06. The molecule has 1 amide bonds. The third kappa shape index (κ3) is 4.50. The molecule has 1 aromatic carbocycles. The number of pyridine rings is 1. The minimum atomic E-state index is -4.94. The first-order valence-electron chi connectivity index (χ1n) is 8.69. The van der Waals surface area contributed by atoms with Crippen molar-refractivity contribution in [2.75, 3.05) is 12.4 Å². The highest BCUT2D eigenvalue weighted by Gasteiger charge is 2.38. The van der Waals surface area contributed by atoms with Crippen molar-refractivity contribution >= 4 is 11.6 Å². The Balaban J connectivity index is 2.11. The van der Waals surface area contributed by atoms with Crippen LogP contribution in [-0.4, -0.2) is 28.4 Å². The molecule has 2 N–H and O–H groups in total. The van der Waals surface area contributed by atoms with Crippen molar-refractivity contribution in [3.63, 3.8) is 0 Å². The molecule has 0 aliphatic carbocycles. The lowest BCUT2D eigenvalue weighted by atomic mass is 10.1. The minimum absolute atomic E-state index is 0.0288. The van der Waals surface area contributed by atoms with Crippen LogP contribution in [0.4, 0.5) is 27.6 Å². The van der Waals surface area contributed by atoms with E-state index in [1.54, 1.807) is 0 Å². The maximum absolute atomic E-state index is 14.0. The van der Waals surface area contributed by atoms with Crippen LogP contribution in [0.5, 0.6) is 17.4 Å². The molecule has 2 heterocycles. The second kappa shape index (κ2) is 8.61. The number of hydrogen-bond acceptors (Lipinski definition) is 6. The lowest BCUT2D eigenvalue weighted by Gasteiger charge is -2.16. The van der Waals surface area contributed by atoms with Gasteiger partial charge in [0.25, 0.3) is 11.8 Å². The first kappa shape index (κ1) is 22.7. The zero-order chi connectivity index (χ0) is 23.6. The zero-order valence-electron chi connectivity index (χ0n) is 16.4.